The standard InChI is InChI=1S/C23H25N5O2/c1-15-19(18-6-4-5-7-20(18)25-15)13-28(3)22(30)9-8-16-10-17-12-27(2)14-21(29)26-23(17)24-11-16/h4-11,25H,12-14H2,1-3H3,(H,24,26,29). The van der Waals surface area contributed by atoms with Gasteiger partial charge in [-0.3, -0.25) is 14.5 Å². The summed E-state index contributed by atoms with van der Waals surface area (Å²) in [6, 6.07) is 10.1. The SMILES string of the molecule is Cc1[nH]c2ccccc2c1CN(C)C(=O)C=Cc1cnc2c(c1)CN(C)CC(=O)N2. The van der Waals surface area contributed by atoms with E-state index in [4.69, 9.17) is 0 Å². The van der Waals surface area contributed by atoms with Gasteiger partial charge < -0.3 is 15.2 Å². The Hall–Kier alpha value is -3.45. The van der Waals surface area contributed by atoms with Crippen LogP contribution in [-0.2, 0) is 22.7 Å². The first-order chi connectivity index (χ1) is 14.4. The Labute approximate surface area is 175 Å². The fourth-order valence-corrected chi connectivity index (χ4v) is 3.76. The highest BCUT2D eigenvalue weighted by Crippen LogP contribution is 2.23. The summed E-state index contributed by atoms with van der Waals surface area (Å²) in [5.41, 5.74) is 5.03. The van der Waals surface area contributed by atoms with Crippen LogP contribution in [0.5, 0.6) is 0 Å². The van der Waals surface area contributed by atoms with E-state index in [1.165, 1.54) is 0 Å². The number of nitrogens with zero attached hydrogens (tertiary/aromatic N) is 3. The summed E-state index contributed by atoms with van der Waals surface area (Å²) in [5.74, 6) is 0.427. The molecular formula is C23H25N5O2. The molecule has 7 heteroatoms. The van der Waals surface area contributed by atoms with Crippen LogP contribution in [0.1, 0.15) is 22.4 Å². The summed E-state index contributed by atoms with van der Waals surface area (Å²) in [6.07, 6.45) is 4.99. The minimum Gasteiger partial charge on any atom is -0.358 e. The van der Waals surface area contributed by atoms with Gasteiger partial charge in [-0.05, 0) is 43.3 Å². The number of nitrogens with one attached hydrogen (secondary N) is 2. The zero-order chi connectivity index (χ0) is 21.3. The summed E-state index contributed by atoms with van der Waals surface area (Å²) in [5, 5.41) is 3.95. The maximum Gasteiger partial charge on any atom is 0.246 e. The van der Waals surface area contributed by atoms with Gasteiger partial charge in [-0.1, -0.05) is 18.2 Å². The third-order valence-electron chi connectivity index (χ3n) is 5.32. The molecule has 0 bridgehead atoms. The molecule has 0 radical (unpaired) electrons. The van der Waals surface area contributed by atoms with E-state index in [1.54, 1.807) is 30.3 Å². The number of aromatic nitrogens is 2. The van der Waals surface area contributed by atoms with E-state index in [0.717, 1.165) is 33.3 Å². The van der Waals surface area contributed by atoms with Gasteiger partial charge in [0.1, 0.15) is 5.82 Å². The minimum absolute atomic E-state index is 0.0728. The number of likely N-dealkylation sites (N-methyl/N-ethyl adjacent to an activating group) is 2. The zero-order valence-corrected chi connectivity index (χ0v) is 17.4. The second-order valence-electron chi connectivity index (χ2n) is 7.80. The minimum atomic E-state index is -0.0833. The van der Waals surface area contributed by atoms with E-state index in [2.05, 4.69) is 21.4 Å². The maximum absolute atomic E-state index is 12.7. The molecule has 7 nitrogen and oxygen atoms in total. The Morgan fingerprint density at radius 1 is 1.30 bits per heavy atom. The van der Waals surface area contributed by atoms with Crippen molar-refractivity contribution in [2.75, 3.05) is 26.0 Å². The van der Waals surface area contributed by atoms with Crippen LogP contribution in [0.4, 0.5) is 5.82 Å². The van der Waals surface area contributed by atoms with Gasteiger partial charge in [0, 0.05) is 54.6 Å². The lowest BCUT2D eigenvalue weighted by atomic mass is 10.1. The predicted molar refractivity (Wildman–Crippen MR) is 118 cm³/mol. The van der Waals surface area contributed by atoms with Gasteiger partial charge in [0.25, 0.3) is 0 Å². The van der Waals surface area contributed by atoms with Crippen LogP contribution in [0.25, 0.3) is 17.0 Å². The average Bonchev–Trinajstić information content (AvgIpc) is 2.93. The quantitative estimate of drug-likeness (QED) is 0.657. The van der Waals surface area contributed by atoms with Crippen molar-refractivity contribution in [3.63, 3.8) is 0 Å². The number of aromatic amines is 1. The van der Waals surface area contributed by atoms with E-state index in [9.17, 15) is 9.59 Å². The number of hydrogen-bond acceptors (Lipinski definition) is 4. The lowest BCUT2D eigenvalue weighted by Gasteiger charge is -2.15. The van der Waals surface area contributed by atoms with E-state index in [0.29, 0.717) is 25.5 Å². The number of H-pyrrole nitrogens is 1. The van der Waals surface area contributed by atoms with Crippen LogP contribution in [0.2, 0.25) is 0 Å². The average molecular weight is 403 g/mol. The molecule has 0 saturated carbocycles. The van der Waals surface area contributed by atoms with Crippen molar-refractivity contribution in [2.45, 2.75) is 20.0 Å². The van der Waals surface area contributed by atoms with Crippen LogP contribution >= 0.6 is 0 Å². The topological polar surface area (TPSA) is 81.3 Å². The fraction of sp³-hybridized carbons (Fsp3) is 0.261. The van der Waals surface area contributed by atoms with E-state index in [1.807, 2.05) is 43.1 Å². The van der Waals surface area contributed by atoms with Crippen molar-refractivity contribution in [2.24, 2.45) is 0 Å². The van der Waals surface area contributed by atoms with Gasteiger partial charge in [0.05, 0.1) is 6.54 Å². The van der Waals surface area contributed by atoms with Crippen LogP contribution < -0.4 is 5.32 Å². The van der Waals surface area contributed by atoms with Crippen LogP contribution in [0.3, 0.4) is 0 Å². The zero-order valence-electron chi connectivity index (χ0n) is 17.4. The number of carbonyl (C=O) groups excluding carboxylic acids is 2. The molecule has 2 amide bonds. The van der Waals surface area contributed by atoms with Crippen molar-refractivity contribution in [3.05, 3.63) is 65.0 Å². The molecule has 154 valence electrons. The van der Waals surface area contributed by atoms with Gasteiger partial charge in [-0.25, -0.2) is 4.98 Å². The molecule has 2 aromatic heterocycles. The lowest BCUT2D eigenvalue weighted by molar-refractivity contribution is -0.125. The Kier molecular flexibility index (Phi) is 5.37. The highest BCUT2D eigenvalue weighted by atomic mass is 16.2. The smallest absolute Gasteiger partial charge is 0.246 e. The van der Waals surface area contributed by atoms with Crippen LogP contribution in [-0.4, -0.2) is 52.2 Å². The summed E-state index contributed by atoms with van der Waals surface area (Å²) >= 11 is 0. The molecule has 0 saturated heterocycles. The first kappa shape index (κ1) is 19.8. The van der Waals surface area contributed by atoms with Gasteiger partial charge in [0.15, 0.2) is 0 Å². The van der Waals surface area contributed by atoms with E-state index in [-0.39, 0.29) is 11.8 Å². The normalized spacial score (nSPS) is 14.6. The molecular weight excluding hydrogens is 378 g/mol. The number of benzene rings is 1. The molecule has 0 fully saturated rings. The van der Waals surface area contributed by atoms with E-state index < -0.39 is 0 Å². The summed E-state index contributed by atoms with van der Waals surface area (Å²) in [7, 11) is 3.69. The van der Waals surface area contributed by atoms with Crippen LogP contribution in [0.15, 0.2) is 42.6 Å². The second kappa shape index (κ2) is 8.12. The number of carbonyl (C=O) groups is 2. The molecule has 1 aliphatic rings. The number of hydrogen-bond donors (Lipinski definition) is 2. The maximum atomic E-state index is 12.7. The first-order valence-electron chi connectivity index (χ1n) is 9.87. The van der Waals surface area contributed by atoms with Gasteiger partial charge >= 0.3 is 0 Å². The summed E-state index contributed by atoms with van der Waals surface area (Å²) < 4.78 is 0. The predicted octanol–water partition coefficient (Wildman–Crippen LogP) is 2.93. The molecule has 0 aliphatic carbocycles. The Morgan fingerprint density at radius 3 is 2.93 bits per heavy atom. The highest BCUT2D eigenvalue weighted by Gasteiger charge is 2.17. The van der Waals surface area contributed by atoms with Crippen molar-refractivity contribution < 1.29 is 9.59 Å². The molecule has 0 atom stereocenters. The highest BCUT2D eigenvalue weighted by molar-refractivity contribution is 5.94. The number of amides is 2. The fourth-order valence-electron chi connectivity index (χ4n) is 3.76. The number of anilines is 1. The van der Waals surface area contributed by atoms with Crippen molar-refractivity contribution in [1.29, 1.82) is 0 Å². The van der Waals surface area contributed by atoms with Gasteiger partial charge in [-0.2, -0.15) is 0 Å². The second-order valence-corrected chi connectivity index (χ2v) is 7.80. The lowest BCUT2D eigenvalue weighted by Crippen LogP contribution is -2.26. The molecule has 2 N–H and O–H groups in total. The molecule has 1 aromatic carbocycles. The monoisotopic (exact) mass is 403 g/mol. The Balaban J connectivity index is 1.48. The molecule has 0 spiro atoms. The van der Waals surface area contributed by atoms with Crippen molar-refractivity contribution in [1.82, 2.24) is 19.8 Å². The van der Waals surface area contributed by atoms with Crippen molar-refractivity contribution >= 4 is 34.6 Å². The number of pyridine rings is 1. The number of rotatable bonds is 4. The largest absolute Gasteiger partial charge is 0.358 e. The molecule has 3 aromatic rings. The van der Waals surface area contributed by atoms with Gasteiger partial charge in [0.2, 0.25) is 11.8 Å². The molecule has 30 heavy (non-hydrogen) atoms. The number of aryl methyl sites for hydroxylation is 1. The molecule has 3 heterocycles. The van der Waals surface area contributed by atoms with Crippen molar-refractivity contribution in [3.8, 4) is 0 Å². The third kappa shape index (κ3) is 4.11. The molecule has 0 unspecified atom stereocenters. The molecule has 4 rings (SSSR count). The first-order valence-corrected chi connectivity index (χ1v) is 9.87. The van der Waals surface area contributed by atoms with E-state index >= 15 is 0 Å². The molecule has 1 aliphatic heterocycles. The summed E-state index contributed by atoms with van der Waals surface area (Å²) in [4.78, 5) is 35.8. The Morgan fingerprint density at radius 2 is 2.10 bits per heavy atom. The number of para-hydroxylation sites is 1. The Bertz CT molecular complexity index is 1150. The number of fused-ring (bicyclic) bond motifs is 2. The van der Waals surface area contributed by atoms with Gasteiger partial charge in [-0.15, -0.1) is 0 Å². The third-order valence-corrected chi connectivity index (χ3v) is 5.32. The summed E-state index contributed by atoms with van der Waals surface area (Å²) in [6.45, 7) is 3.51. The van der Waals surface area contributed by atoms with Crippen LogP contribution in [0, 0.1) is 6.92 Å².